The van der Waals surface area contributed by atoms with Crippen molar-refractivity contribution in [1.82, 2.24) is 30.0 Å². The first-order chi connectivity index (χ1) is 9.67. The van der Waals surface area contributed by atoms with E-state index in [1.807, 2.05) is 4.90 Å². The summed E-state index contributed by atoms with van der Waals surface area (Å²) in [6, 6.07) is 0. The van der Waals surface area contributed by atoms with E-state index in [2.05, 4.69) is 27.4 Å². The van der Waals surface area contributed by atoms with Crippen molar-refractivity contribution in [3.63, 3.8) is 0 Å². The molecule has 0 bridgehead atoms. The van der Waals surface area contributed by atoms with E-state index in [-0.39, 0.29) is 18.1 Å². The van der Waals surface area contributed by atoms with Crippen molar-refractivity contribution in [1.29, 1.82) is 0 Å². The molecule has 1 aromatic heterocycles. The molecule has 1 amide bonds. The molecule has 3 heterocycles. The number of morpholine rings is 1. The molecule has 0 aliphatic carbocycles. The Labute approximate surface area is 117 Å². The Kier molecular flexibility index (Phi) is 3.66. The van der Waals surface area contributed by atoms with Crippen molar-refractivity contribution in [2.45, 2.75) is 25.0 Å². The van der Waals surface area contributed by atoms with Crippen molar-refractivity contribution < 1.29 is 9.53 Å². The molecule has 110 valence electrons. The van der Waals surface area contributed by atoms with Gasteiger partial charge in [0, 0.05) is 26.2 Å². The summed E-state index contributed by atoms with van der Waals surface area (Å²) in [7, 11) is 2.12. The summed E-state index contributed by atoms with van der Waals surface area (Å²) in [6.07, 6.45) is 3.30. The second-order valence-corrected chi connectivity index (χ2v) is 5.62. The summed E-state index contributed by atoms with van der Waals surface area (Å²) in [5.74, 6) is 0.0320. The lowest BCUT2D eigenvalue weighted by atomic mass is 9.89. The van der Waals surface area contributed by atoms with Gasteiger partial charge < -0.3 is 14.5 Å². The molecular weight excluding hydrogens is 260 g/mol. The normalized spacial score (nSPS) is 23.1. The Balaban J connectivity index is 1.61. The average Bonchev–Trinajstić information content (AvgIpc) is 2.96. The van der Waals surface area contributed by atoms with Crippen LogP contribution in [0.5, 0.6) is 0 Å². The molecule has 20 heavy (non-hydrogen) atoms. The average molecular weight is 280 g/mol. The van der Waals surface area contributed by atoms with E-state index in [9.17, 15) is 4.79 Å². The van der Waals surface area contributed by atoms with Gasteiger partial charge in [0.05, 0.1) is 12.2 Å². The quantitative estimate of drug-likeness (QED) is 0.691. The molecule has 1 spiro atoms. The summed E-state index contributed by atoms with van der Waals surface area (Å²) >= 11 is 0. The number of nitrogens with zero attached hydrogens (tertiary/aromatic N) is 6. The van der Waals surface area contributed by atoms with Gasteiger partial charge in [-0.05, 0) is 25.1 Å². The van der Waals surface area contributed by atoms with E-state index in [0.717, 1.165) is 25.9 Å². The molecule has 2 aliphatic heterocycles. The maximum Gasteiger partial charge on any atom is 0.246 e. The summed E-state index contributed by atoms with van der Waals surface area (Å²) in [4.78, 5) is 17.8. The largest absolute Gasteiger partial charge is 0.371 e. The van der Waals surface area contributed by atoms with Gasteiger partial charge in [-0.1, -0.05) is 0 Å². The van der Waals surface area contributed by atoms with Gasteiger partial charge in [-0.2, -0.15) is 4.80 Å². The fraction of sp³-hybridized carbons (Fsp3) is 0.833. The van der Waals surface area contributed by atoms with Crippen LogP contribution in [0.2, 0.25) is 0 Å². The topological polar surface area (TPSA) is 76.4 Å². The number of carbonyl (C=O) groups is 1. The van der Waals surface area contributed by atoms with Crippen LogP contribution in [-0.2, 0) is 16.1 Å². The molecule has 0 N–H and O–H groups in total. The fourth-order valence-electron chi connectivity index (χ4n) is 2.87. The van der Waals surface area contributed by atoms with Gasteiger partial charge in [-0.15, -0.1) is 10.2 Å². The lowest BCUT2D eigenvalue weighted by Gasteiger charge is -2.46. The second kappa shape index (κ2) is 5.45. The van der Waals surface area contributed by atoms with E-state index < -0.39 is 0 Å². The van der Waals surface area contributed by atoms with Crippen molar-refractivity contribution >= 4 is 5.91 Å². The Bertz CT molecular complexity index is 455. The highest BCUT2D eigenvalue weighted by Gasteiger charge is 2.40. The number of aromatic nitrogens is 4. The van der Waals surface area contributed by atoms with Crippen LogP contribution in [0.1, 0.15) is 12.8 Å². The number of hydrogen-bond acceptors (Lipinski definition) is 6. The molecule has 1 aromatic rings. The third-order valence-electron chi connectivity index (χ3n) is 4.17. The van der Waals surface area contributed by atoms with Crippen molar-refractivity contribution in [3.8, 4) is 0 Å². The van der Waals surface area contributed by atoms with Crippen molar-refractivity contribution in [2.24, 2.45) is 0 Å². The maximum absolute atomic E-state index is 12.3. The molecule has 0 atom stereocenters. The number of rotatable bonds is 2. The molecule has 2 saturated heterocycles. The third-order valence-corrected chi connectivity index (χ3v) is 4.17. The van der Waals surface area contributed by atoms with Crippen LogP contribution in [0.25, 0.3) is 0 Å². The maximum atomic E-state index is 12.3. The molecule has 0 saturated carbocycles. The smallest absolute Gasteiger partial charge is 0.246 e. The van der Waals surface area contributed by atoms with Crippen LogP contribution < -0.4 is 0 Å². The van der Waals surface area contributed by atoms with Crippen LogP contribution in [-0.4, -0.2) is 81.3 Å². The predicted molar refractivity (Wildman–Crippen MR) is 69.8 cm³/mol. The molecule has 2 fully saturated rings. The Morgan fingerprint density at radius 3 is 2.85 bits per heavy atom. The number of amides is 1. The van der Waals surface area contributed by atoms with Gasteiger partial charge in [0.15, 0.2) is 6.33 Å². The Morgan fingerprint density at radius 2 is 2.15 bits per heavy atom. The first-order valence-electron chi connectivity index (χ1n) is 6.98. The molecular formula is C12H20N6O2. The summed E-state index contributed by atoms with van der Waals surface area (Å²) in [5, 5.41) is 11.2. The highest BCUT2D eigenvalue weighted by molar-refractivity contribution is 5.76. The van der Waals surface area contributed by atoms with Gasteiger partial charge in [0.2, 0.25) is 5.91 Å². The minimum Gasteiger partial charge on any atom is -0.371 e. The molecule has 3 rings (SSSR count). The standard InChI is InChI=1S/C12H20N6O2/c1-16-4-2-12(3-5-16)9-17(6-7-20-12)11(19)8-18-14-10-13-15-18/h10H,2-9H2,1H3. The van der Waals surface area contributed by atoms with E-state index in [1.165, 1.54) is 11.1 Å². The molecule has 0 radical (unpaired) electrons. The molecule has 0 aromatic carbocycles. The number of ether oxygens (including phenoxy) is 1. The Hall–Kier alpha value is -1.54. The lowest BCUT2D eigenvalue weighted by molar-refractivity contribution is -0.159. The highest BCUT2D eigenvalue weighted by Crippen LogP contribution is 2.29. The van der Waals surface area contributed by atoms with Gasteiger partial charge in [0.1, 0.15) is 6.54 Å². The lowest BCUT2D eigenvalue weighted by Crippen LogP contribution is -2.58. The van der Waals surface area contributed by atoms with E-state index >= 15 is 0 Å². The first kappa shape index (κ1) is 13.4. The zero-order valence-electron chi connectivity index (χ0n) is 11.7. The Morgan fingerprint density at radius 1 is 1.35 bits per heavy atom. The minimum atomic E-state index is -0.157. The predicted octanol–water partition coefficient (Wildman–Crippen LogP) is -1.00. The highest BCUT2D eigenvalue weighted by atomic mass is 16.5. The zero-order valence-corrected chi connectivity index (χ0v) is 11.7. The van der Waals surface area contributed by atoms with Crippen LogP contribution in [0, 0.1) is 0 Å². The van der Waals surface area contributed by atoms with Crippen LogP contribution in [0.4, 0.5) is 0 Å². The monoisotopic (exact) mass is 280 g/mol. The van der Waals surface area contributed by atoms with Crippen LogP contribution in [0.3, 0.4) is 0 Å². The number of piperidine rings is 1. The van der Waals surface area contributed by atoms with E-state index in [4.69, 9.17) is 4.74 Å². The molecule has 8 heteroatoms. The van der Waals surface area contributed by atoms with Crippen molar-refractivity contribution in [2.75, 3.05) is 39.8 Å². The second-order valence-electron chi connectivity index (χ2n) is 5.62. The molecule has 2 aliphatic rings. The molecule has 8 nitrogen and oxygen atoms in total. The number of hydrogen-bond donors (Lipinski definition) is 0. The fourth-order valence-corrected chi connectivity index (χ4v) is 2.87. The zero-order chi connectivity index (χ0) is 14.0. The van der Waals surface area contributed by atoms with Gasteiger partial charge in [0.25, 0.3) is 0 Å². The number of carbonyl (C=O) groups excluding carboxylic acids is 1. The van der Waals surface area contributed by atoms with E-state index in [0.29, 0.717) is 19.7 Å². The number of tetrazole rings is 1. The van der Waals surface area contributed by atoms with Gasteiger partial charge in [-0.25, -0.2) is 0 Å². The van der Waals surface area contributed by atoms with Crippen LogP contribution >= 0.6 is 0 Å². The first-order valence-corrected chi connectivity index (χ1v) is 6.98. The summed E-state index contributed by atoms with van der Waals surface area (Å²) in [5.41, 5.74) is -0.157. The SMILES string of the molecule is CN1CCC2(CC1)CN(C(=O)Cn1ncnn1)CCO2. The van der Waals surface area contributed by atoms with E-state index in [1.54, 1.807) is 0 Å². The summed E-state index contributed by atoms with van der Waals surface area (Å²) in [6.45, 7) is 4.12. The van der Waals surface area contributed by atoms with Gasteiger partial charge >= 0.3 is 0 Å². The molecule has 0 unspecified atom stereocenters. The van der Waals surface area contributed by atoms with Crippen LogP contribution in [0.15, 0.2) is 6.33 Å². The summed E-state index contributed by atoms with van der Waals surface area (Å²) < 4.78 is 6.00. The minimum absolute atomic E-state index is 0.0320. The number of likely N-dealkylation sites (tertiary alicyclic amines) is 1. The third kappa shape index (κ3) is 2.80. The van der Waals surface area contributed by atoms with Crippen molar-refractivity contribution in [3.05, 3.63) is 6.33 Å². The van der Waals surface area contributed by atoms with Gasteiger partial charge in [-0.3, -0.25) is 4.79 Å².